The maximum Gasteiger partial charge on any atom is 0.287 e. The molecule has 1 saturated heterocycles. The van der Waals surface area contributed by atoms with Crippen molar-refractivity contribution in [3.8, 4) is 0 Å². The first-order valence-electron chi connectivity index (χ1n) is 10.6. The van der Waals surface area contributed by atoms with Crippen LogP contribution in [0.3, 0.4) is 0 Å². The second kappa shape index (κ2) is 9.62. The van der Waals surface area contributed by atoms with Gasteiger partial charge in [-0.3, -0.25) is 14.5 Å². The van der Waals surface area contributed by atoms with E-state index in [1.807, 2.05) is 17.0 Å². The van der Waals surface area contributed by atoms with Crippen molar-refractivity contribution >= 4 is 11.8 Å². The maximum atomic E-state index is 12.9. The number of rotatable bonds is 6. The Morgan fingerprint density at radius 2 is 1.42 bits per heavy atom. The molecule has 0 saturated carbocycles. The van der Waals surface area contributed by atoms with Crippen molar-refractivity contribution in [3.63, 3.8) is 0 Å². The summed E-state index contributed by atoms with van der Waals surface area (Å²) in [4.78, 5) is 29.3. The molecule has 1 fully saturated rings. The van der Waals surface area contributed by atoms with Gasteiger partial charge in [0.05, 0.1) is 12.3 Å². The smallest absolute Gasteiger partial charge is 0.287 e. The van der Waals surface area contributed by atoms with Gasteiger partial charge in [0.1, 0.15) is 6.04 Å². The summed E-state index contributed by atoms with van der Waals surface area (Å²) in [7, 11) is 0. The SMILES string of the molecule is C[C@@H](NC(=O)c1ccco1)C(=O)N1CCN(C(c2ccccc2)c2ccccc2)CC1. The van der Waals surface area contributed by atoms with Gasteiger partial charge in [0.25, 0.3) is 5.91 Å². The number of hydrogen-bond donors (Lipinski definition) is 1. The first kappa shape index (κ1) is 20.9. The predicted molar refractivity (Wildman–Crippen MR) is 119 cm³/mol. The van der Waals surface area contributed by atoms with Crippen molar-refractivity contribution in [2.75, 3.05) is 26.2 Å². The van der Waals surface area contributed by atoms with Gasteiger partial charge in [-0.2, -0.15) is 0 Å². The van der Waals surface area contributed by atoms with Crippen molar-refractivity contribution < 1.29 is 14.0 Å². The van der Waals surface area contributed by atoms with Gasteiger partial charge in [0.15, 0.2) is 5.76 Å². The quantitative estimate of drug-likeness (QED) is 0.668. The molecule has 1 aliphatic heterocycles. The Kier molecular flexibility index (Phi) is 6.48. The minimum atomic E-state index is -0.608. The van der Waals surface area contributed by atoms with Crippen molar-refractivity contribution in [2.24, 2.45) is 0 Å². The molecule has 4 rings (SSSR count). The highest BCUT2D eigenvalue weighted by atomic mass is 16.3. The molecule has 1 aliphatic rings. The highest BCUT2D eigenvalue weighted by Gasteiger charge is 2.30. The van der Waals surface area contributed by atoms with E-state index in [1.165, 1.54) is 17.4 Å². The van der Waals surface area contributed by atoms with Crippen LogP contribution < -0.4 is 5.32 Å². The molecule has 6 nitrogen and oxygen atoms in total. The lowest BCUT2D eigenvalue weighted by molar-refractivity contribution is -0.134. The average Bonchev–Trinajstić information content (AvgIpc) is 3.36. The van der Waals surface area contributed by atoms with Gasteiger partial charge in [-0.05, 0) is 30.2 Å². The third kappa shape index (κ3) is 4.86. The maximum absolute atomic E-state index is 12.9. The molecule has 0 unspecified atom stereocenters. The molecule has 1 aromatic heterocycles. The lowest BCUT2D eigenvalue weighted by Crippen LogP contribution is -2.54. The minimum Gasteiger partial charge on any atom is -0.459 e. The predicted octanol–water partition coefficient (Wildman–Crippen LogP) is 3.33. The van der Waals surface area contributed by atoms with Gasteiger partial charge in [-0.25, -0.2) is 0 Å². The van der Waals surface area contributed by atoms with Crippen molar-refractivity contribution in [1.29, 1.82) is 0 Å². The molecule has 3 aromatic rings. The number of amides is 2. The summed E-state index contributed by atoms with van der Waals surface area (Å²) >= 11 is 0. The van der Waals surface area contributed by atoms with E-state index in [0.717, 1.165) is 13.1 Å². The highest BCUT2D eigenvalue weighted by Crippen LogP contribution is 2.29. The fraction of sp³-hybridized carbons (Fsp3) is 0.280. The van der Waals surface area contributed by atoms with Crippen LogP contribution >= 0.6 is 0 Å². The molecule has 31 heavy (non-hydrogen) atoms. The summed E-state index contributed by atoms with van der Waals surface area (Å²) in [5, 5.41) is 2.73. The molecule has 1 atom stereocenters. The van der Waals surface area contributed by atoms with E-state index in [0.29, 0.717) is 13.1 Å². The number of hydrogen-bond acceptors (Lipinski definition) is 4. The van der Waals surface area contributed by atoms with Crippen LogP contribution in [0.15, 0.2) is 83.5 Å². The number of benzene rings is 2. The Balaban J connectivity index is 1.40. The van der Waals surface area contributed by atoms with Crippen molar-refractivity contribution in [1.82, 2.24) is 15.1 Å². The fourth-order valence-corrected chi connectivity index (χ4v) is 4.10. The second-order valence-corrected chi connectivity index (χ2v) is 7.76. The van der Waals surface area contributed by atoms with Crippen LogP contribution in [0.25, 0.3) is 0 Å². The van der Waals surface area contributed by atoms with Crippen LogP contribution in [-0.2, 0) is 4.79 Å². The topological polar surface area (TPSA) is 65.8 Å². The van der Waals surface area contributed by atoms with Crippen molar-refractivity contribution in [2.45, 2.75) is 19.0 Å². The summed E-state index contributed by atoms with van der Waals surface area (Å²) in [6, 6.07) is 23.7. The highest BCUT2D eigenvalue weighted by molar-refractivity contribution is 5.95. The van der Waals surface area contributed by atoms with Crippen LogP contribution in [0.4, 0.5) is 0 Å². The lowest BCUT2D eigenvalue weighted by atomic mass is 9.96. The monoisotopic (exact) mass is 417 g/mol. The molecular formula is C25H27N3O3. The molecule has 1 N–H and O–H groups in total. The van der Waals surface area contributed by atoms with Gasteiger partial charge in [0.2, 0.25) is 5.91 Å². The van der Waals surface area contributed by atoms with Gasteiger partial charge in [0, 0.05) is 26.2 Å². The molecule has 2 heterocycles. The molecule has 6 heteroatoms. The lowest BCUT2D eigenvalue weighted by Gasteiger charge is -2.40. The largest absolute Gasteiger partial charge is 0.459 e. The van der Waals surface area contributed by atoms with E-state index in [9.17, 15) is 9.59 Å². The zero-order chi connectivity index (χ0) is 21.6. The molecule has 0 spiro atoms. The third-order valence-electron chi connectivity index (χ3n) is 5.68. The number of carbonyl (C=O) groups is 2. The molecule has 0 bridgehead atoms. The van der Waals surface area contributed by atoms with E-state index in [4.69, 9.17) is 4.42 Å². The number of nitrogens with zero attached hydrogens (tertiary/aromatic N) is 2. The standard InChI is InChI=1S/C25H27N3O3/c1-19(26-24(29)22-13-8-18-31-22)25(30)28-16-14-27(15-17-28)23(20-9-4-2-5-10-20)21-11-6-3-7-12-21/h2-13,18-19,23H,14-17H2,1H3,(H,26,29)/t19-/m1/s1. The summed E-state index contributed by atoms with van der Waals surface area (Å²) in [5.74, 6) is -0.244. The van der Waals surface area contributed by atoms with Crippen molar-refractivity contribution in [3.05, 3.63) is 95.9 Å². The zero-order valence-electron chi connectivity index (χ0n) is 17.6. The summed E-state index contributed by atoms with van der Waals surface area (Å²) in [6.45, 7) is 4.48. The van der Waals surface area contributed by atoms with Crippen LogP contribution in [0, 0.1) is 0 Å². The summed E-state index contributed by atoms with van der Waals surface area (Å²) in [6.07, 6.45) is 1.44. The van der Waals surface area contributed by atoms with Crippen LogP contribution in [0.1, 0.15) is 34.6 Å². The number of piperazine rings is 1. The van der Waals surface area contributed by atoms with Gasteiger partial charge in [-0.1, -0.05) is 60.7 Å². The summed E-state index contributed by atoms with van der Waals surface area (Å²) < 4.78 is 5.10. The number of carbonyl (C=O) groups excluding carboxylic acids is 2. The fourth-order valence-electron chi connectivity index (χ4n) is 4.10. The van der Waals surface area contributed by atoms with E-state index < -0.39 is 6.04 Å². The van der Waals surface area contributed by atoms with Crippen LogP contribution in [0.5, 0.6) is 0 Å². The Labute approximate surface area is 182 Å². The van der Waals surface area contributed by atoms with E-state index in [2.05, 4.69) is 58.7 Å². The molecule has 160 valence electrons. The Hall–Kier alpha value is -3.38. The minimum absolute atomic E-state index is 0.0736. The normalized spacial score (nSPS) is 15.6. The third-order valence-corrected chi connectivity index (χ3v) is 5.68. The molecule has 2 aromatic carbocycles. The molecule has 2 amide bonds. The first-order valence-corrected chi connectivity index (χ1v) is 10.6. The molecule has 0 radical (unpaired) electrons. The Morgan fingerprint density at radius 1 is 0.839 bits per heavy atom. The van der Waals surface area contributed by atoms with Gasteiger partial charge in [-0.15, -0.1) is 0 Å². The molecule has 0 aliphatic carbocycles. The van der Waals surface area contributed by atoms with Crippen LogP contribution in [-0.4, -0.2) is 53.8 Å². The zero-order valence-corrected chi connectivity index (χ0v) is 17.6. The second-order valence-electron chi connectivity index (χ2n) is 7.76. The Bertz CT molecular complexity index is 942. The summed E-state index contributed by atoms with van der Waals surface area (Å²) in [5.41, 5.74) is 2.49. The Morgan fingerprint density at radius 3 is 1.94 bits per heavy atom. The van der Waals surface area contributed by atoms with E-state index in [1.54, 1.807) is 19.1 Å². The first-order chi connectivity index (χ1) is 15.1. The number of furan rings is 1. The van der Waals surface area contributed by atoms with Crippen LogP contribution in [0.2, 0.25) is 0 Å². The number of nitrogens with one attached hydrogen (secondary N) is 1. The van der Waals surface area contributed by atoms with Gasteiger partial charge >= 0.3 is 0 Å². The van der Waals surface area contributed by atoms with E-state index >= 15 is 0 Å². The molecular weight excluding hydrogens is 390 g/mol. The average molecular weight is 418 g/mol. The van der Waals surface area contributed by atoms with E-state index in [-0.39, 0.29) is 23.6 Å². The van der Waals surface area contributed by atoms with Gasteiger partial charge < -0.3 is 14.6 Å².